The molecule has 0 fully saturated rings. The Bertz CT molecular complexity index is 1260. The second kappa shape index (κ2) is 12.2. The topological polar surface area (TPSA) is 92.8 Å². The number of nitriles is 1. The van der Waals surface area contributed by atoms with Crippen LogP contribution in [0.1, 0.15) is 66.6 Å². The molecular weight excluding hydrogens is 490 g/mol. The summed E-state index contributed by atoms with van der Waals surface area (Å²) < 4.78 is 8.02. The average molecular weight is 522 g/mol. The monoisotopic (exact) mass is 521 g/mol. The highest BCUT2D eigenvalue weighted by molar-refractivity contribution is 7.99. The summed E-state index contributed by atoms with van der Waals surface area (Å²) in [6, 6.07) is 10.3. The molecule has 1 amide bonds. The second-order valence-electron chi connectivity index (χ2n) is 8.71. The average Bonchev–Trinajstić information content (AvgIpc) is 3.35. The molecule has 4 rings (SSSR count). The lowest BCUT2D eigenvalue weighted by Crippen LogP contribution is -2.15. The Morgan fingerprint density at radius 3 is 2.81 bits per heavy atom. The van der Waals surface area contributed by atoms with Gasteiger partial charge in [-0.05, 0) is 62.3 Å². The van der Waals surface area contributed by atoms with E-state index in [1.54, 1.807) is 17.4 Å². The number of aryl methyl sites for hydroxylation is 2. The Hall–Kier alpha value is -3.09. The first kappa shape index (κ1) is 26.0. The number of aromatic nitrogens is 3. The predicted octanol–water partition coefficient (Wildman–Crippen LogP) is 6.10. The van der Waals surface area contributed by atoms with Gasteiger partial charge in [0.2, 0.25) is 5.91 Å². The number of nitrogens with zero attached hydrogens (tertiary/aromatic N) is 4. The highest BCUT2D eigenvalue weighted by Crippen LogP contribution is 2.37. The molecule has 9 heteroatoms. The minimum Gasteiger partial charge on any atom is -0.483 e. The largest absolute Gasteiger partial charge is 0.483 e. The van der Waals surface area contributed by atoms with Crippen LogP contribution in [0.5, 0.6) is 5.75 Å². The van der Waals surface area contributed by atoms with Crippen LogP contribution >= 0.6 is 23.1 Å². The molecule has 0 bridgehead atoms. The van der Waals surface area contributed by atoms with E-state index in [2.05, 4.69) is 47.2 Å². The van der Waals surface area contributed by atoms with Crippen LogP contribution in [-0.4, -0.2) is 26.4 Å². The second-order valence-corrected chi connectivity index (χ2v) is 10.8. The lowest BCUT2D eigenvalue weighted by atomic mass is 10.1. The van der Waals surface area contributed by atoms with Crippen molar-refractivity contribution < 1.29 is 9.53 Å². The molecule has 0 radical (unpaired) electrons. The fourth-order valence-corrected chi connectivity index (χ4v) is 6.32. The lowest BCUT2D eigenvalue weighted by Gasteiger charge is -2.16. The zero-order valence-corrected chi connectivity index (χ0v) is 22.4. The maximum Gasteiger partial charge on any atom is 0.235 e. The number of thioether (sulfide) groups is 1. The Morgan fingerprint density at radius 1 is 1.31 bits per heavy atom. The number of rotatable bonds is 10. The highest BCUT2D eigenvalue weighted by atomic mass is 32.2. The number of amides is 1. The van der Waals surface area contributed by atoms with Gasteiger partial charge in [-0.15, -0.1) is 28.1 Å². The fourth-order valence-electron chi connectivity index (χ4n) is 4.31. The van der Waals surface area contributed by atoms with Crippen molar-refractivity contribution in [3.8, 4) is 11.8 Å². The summed E-state index contributed by atoms with van der Waals surface area (Å²) >= 11 is 2.86. The summed E-state index contributed by atoms with van der Waals surface area (Å²) in [6.07, 6.45) is 7.73. The van der Waals surface area contributed by atoms with Gasteiger partial charge in [0.05, 0.1) is 11.3 Å². The third-order valence-corrected chi connectivity index (χ3v) is 8.36. The number of carbonyl (C=O) groups excluding carboxylic acids is 1. The molecule has 1 unspecified atom stereocenters. The highest BCUT2D eigenvalue weighted by Gasteiger charge is 2.23. The van der Waals surface area contributed by atoms with Crippen molar-refractivity contribution in [2.75, 3.05) is 11.1 Å². The standard InChI is InChI=1S/C27H31N5O2S2/c1-4-15-32-25(18(3)34-20-13-11-19(5-2)12-14-20)30-31-27(32)35-17-24(33)29-26-22(16-28)21-9-7-6-8-10-23(21)36-26/h4,11-14,18H,1,5-10,15,17H2,2-3H3,(H,29,33). The number of allylic oxidation sites excluding steroid dienone is 1. The minimum atomic E-state index is -0.326. The number of benzene rings is 1. The Balaban J connectivity index is 1.42. The summed E-state index contributed by atoms with van der Waals surface area (Å²) in [5, 5.41) is 22.6. The third kappa shape index (κ3) is 6.00. The van der Waals surface area contributed by atoms with Gasteiger partial charge in [0.15, 0.2) is 17.1 Å². The normalized spacial score (nSPS) is 13.8. The number of ether oxygens (including phenoxy) is 1. The van der Waals surface area contributed by atoms with E-state index in [0.717, 1.165) is 43.4 Å². The van der Waals surface area contributed by atoms with Crippen LogP contribution in [0.15, 0.2) is 42.1 Å². The van der Waals surface area contributed by atoms with Crippen LogP contribution < -0.4 is 10.1 Å². The SMILES string of the molecule is C=CCn1c(SCC(=O)Nc2sc3c(c2C#N)CCCCC3)nnc1C(C)Oc1ccc(CC)cc1. The van der Waals surface area contributed by atoms with Crippen molar-refractivity contribution in [3.63, 3.8) is 0 Å². The molecule has 3 aromatic rings. The van der Waals surface area contributed by atoms with E-state index < -0.39 is 0 Å². The van der Waals surface area contributed by atoms with Crippen molar-refractivity contribution in [2.45, 2.75) is 70.2 Å². The maximum atomic E-state index is 12.8. The van der Waals surface area contributed by atoms with Gasteiger partial charge in [0.1, 0.15) is 16.8 Å². The molecule has 1 N–H and O–H groups in total. The molecule has 1 aliphatic rings. The van der Waals surface area contributed by atoms with E-state index in [-0.39, 0.29) is 17.8 Å². The van der Waals surface area contributed by atoms with Gasteiger partial charge in [0.25, 0.3) is 0 Å². The quantitative estimate of drug-likeness (QED) is 0.197. The maximum absolute atomic E-state index is 12.8. The fraction of sp³-hybridized carbons (Fsp3) is 0.407. The summed E-state index contributed by atoms with van der Waals surface area (Å²) in [6.45, 7) is 8.41. The molecule has 0 saturated carbocycles. The van der Waals surface area contributed by atoms with Gasteiger partial charge in [-0.25, -0.2) is 0 Å². The summed E-state index contributed by atoms with van der Waals surface area (Å²) in [4.78, 5) is 14.0. The number of hydrogen-bond acceptors (Lipinski definition) is 7. The molecule has 36 heavy (non-hydrogen) atoms. The first-order valence-corrected chi connectivity index (χ1v) is 14.1. The van der Waals surface area contributed by atoms with Crippen LogP contribution in [0.3, 0.4) is 0 Å². The molecule has 0 spiro atoms. The van der Waals surface area contributed by atoms with Gasteiger partial charge in [-0.2, -0.15) is 5.26 Å². The number of anilines is 1. The molecule has 1 aromatic carbocycles. The Kier molecular flexibility index (Phi) is 8.83. The summed E-state index contributed by atoms with van der Waals surface area (Å²) in [5.41, 5.74) is 3.00. The molecule has 0 aliphatic heterocycles. The van der Waals surface area contributed by atoms with E-state index in [1.165, 1.54) is 28.6 Å². The van der Waals surface area contributed by atoms with E-state index in [1.807, 2.05) is 23.6 Å². The molecule has 2 aromatic heterocycles. The number of fused-ring (bicyclic) bond motifs is 1. The van der Waals surface area contributed by atoms with E-state index in [0.29, 0.717) is 28.1 Å². The zero-order chi connectivity index (χ0) is 25.5. The lowest BCUT2D eigenvalue weighted by molar-refractivity contribution is -0.113. The van der Waals surface area contributed by atoms with Crippen LogP contribution in [0.25, 0.3) is 0 Å². The predicted molar refractivity (Wildman–Crippen MR) is 145 cm³/mol. The van der Waals surface area contributed by atoms with Gasteiger partial charge < -0.3 is 10.1 Å². The van der Waals surface area contributed by atoms with Crippen LogP contribution in [0.4, 0.5) is 5.00 Å². The van der Waals surface area contributed by atoms with E-state index in [4.69, 9.17) is 4.74 Å². The van der Waals surface area contributed by atoms with Crippen molar-refractivity contribution in [1.82, 2.24) is 14.8 Å². The number of hydrogen-bond donors (Lipinski definition) is 1. The van der Waals surface area contributed by atoms with E-state index >= 15 is 0 Å². The van der Waals surface area contributed by atoms with Crippen LogP contribution in [0.2, 0.25) is 0 Å². The van der Waals surface area contributed by atoms with Crippen molar-refractivity contribution in [2.24, 2.45) is 0 Å². The Morgan fingerprint density at radius 2 is 2.08 bits per heavy atom. The molecule has 0 saturated heterocycles. The Labute approximate surface area is 220 Å². The molecule has 188 valence electrons. The smallest absolute Gasteiger partial charge is 0.235 e. The van der Waals surface area contributed by atoms with Crippen molar-refractivity contribution >= 4 is 34.0 Å². The number of carbonyl (C=O) groups is 1. The first-order chi connectivity index (χ1) is 17.5. The number of thiophene rings is 1. The third-order valence-electron chi connectivity index (χ3n) is 6.18. The zero-order valence-electron chi connectivity index (χ0n) is 20.7. The minimum absolute atomic E-state index is 0.163. The van der Waals surface area contributed by atoms with Gasteiger partial charge in [-0.3, -0.25) is 9.36 Å². The number of nitrogens with one attached hydrogen (secondary N) is 1. The molecular formula is C27H31N5O2S2. The summed E-state index contributed by atoms with van der Waals surface area (Å²) in [7, 11) is 0. The van der Waals surface area contributed by atoms with Gasteiger partial charge >= 0.3 is 0 Å². The van der Waals surface area contributed by atoms with E-state index in [9.17, 15) is 10.1 Å². The molecule has 7 nitrogen and oxygen atoms in total. The first-order valence-electron chi connectivity index (χ1n) is 12.3. The molecule has 2 heterocycles. The van der Waals surface area contributed by atoms with Crippen LogP contribution in [-0.2, 0) is 30.6 Å². The summed E-state index contributed by atoms with van der Waals surface area (Å²) in [5.74, 6) is 1.44. The molecule has 1 aliphatic carbocycles. The van der Waals surface area contributed by atoms with Gasteiger partial charge in [0, 0.05) is 11.4 Å². The molecule has 1 atom stereocenters. The van der Waals surface area contributed by atoms with Gasteiger partial charge in [-0.1, -0.05) is 43.3 Å². The van der Waals surface area contributed by atoms with Crippen molar-refractivity contribution in [1.29, 1.82) is 5.26 Å². The van der Waals surface area contributed by atoms with Crippen molar-refractivity contribution in [3.05, 3.63) is 64.3 Å². The van der Waals surface area contributed by atoms with Crippen LogP contribution in [0, 0.1) is 11.3 Å².